The highest BCUT2D eigenvalue weighted by Crippen LogP contribution is 2.30. The predicted molar refractivity (Wildman–Crippen MR) is 104 cm³/mol. The number of rotatable bonds is 7. The number of hydrogen-bond acceptors (Lipinski definition) is 4. The average molecular weight is 384 g/mol. The number of carbonyl (C=O) groups is 3. The molecule has 2 amide bonds. The second-order valence-corrected chi connectivity index (χ2v) is 7.07. The normalized spacial score (nSPS) is 15.7. The number of benzene rings is 2. The number of ether oxygens (including phenoxy) is 1. The van der Waals surface area contributed by atoms with Gasteiger partial charge in [0, 0.05) is 19.8 Å². The van der Waals surface area contributed by atoms with E-state index in [0.717, 1.165) is 16.3 Å². The first-order valence-electron chi connectivity index (χ1n) is 9.31. The van der Waals surface area contributed by atoms with Crippen LogP contribution in [0.4, 0.5) is 0 Å². The molecule has 0 saturated carbocycles. The zero-order valence-corrected chi connectivity index (χ0v) is 15.6. The topological polar surface area (TPSA) is 105 Å². The molecule has 1 fully saturated rings. The summed E-state index contributed by atoms with van der Waals surface area (Å²) in [6.45, 7) is 0.577. The summed E-state index contributed by atoms with van der Waals surface area (Å²) in [5.74, 6) is -1.60. The van der Waals surface area contributed by atoms with E-state index in [1.165, 1.54) is 0 Å². The highest BCUT2D eigenvalue weighted by atomic mass is 16.5. The van der Waals surface area contributed by atoms with Crippen molar-refractivity contribution in [1.29, 1.82) is 0 Å². The molecule has 3 rings (SSSR count). The molecule has 1 heterocycles. The second kappa shape index (κ2) is 8.84. The van der Waals surface area contributed by atoms with E-state index in [0.29, 0.717) is 26.1 Å². The molecular weight excluding hydrogens is 360 g/mol. The molecule has 0 aromatic heterocycles. The standard InChI is InChI=1S/C21H24N2O5/c24-18(12-16-6-3-5-15-4-1-2-7-17(15)16)22-13-19(25)23-14-21(20(26)27)8-10-28-11-9-21/h1-7H,8-14H2,(H,22,24)(H,23,25)(H,26,27). The number of fused-ring (bicyclic) bond motifs is 1. The van der Waals surface area contributed by atoms with Crippen molar-refractivity contribution in [2.45, 2.75) is 19.3 Å². The Balaban J connectivity index is 1.50. The lowest BCUT2D eigenvalue weighted by atomic mass is 9.80. The number of aliphatic carboxylic acids is 1. The average Bonchev–Trinajstić information content (AvgIpc) is 2.71. The number of carboxylic acid groups (broad SMARTS) is 1. The fourth-order valence-electron chi connectivity index (χ4n) is 3.42. The molecule has 7 nitrogen and oxygen atoms in total. The van der Waals surface area contributed by atoms with E-state index < -0.39 is 17.3 Å². The van der Waals surface area contributed by atoms with Gasteiger partial charge < -0.3 is 20.5 Å². The summed E-state index contributed by atoms with van der Waals surface area (Å²) >= 11 is 0. The van der Waals surface area contributed by atoms with Crippen molar-refractivity contribution in [1.82, 2.24) is 10.6 Å². The Labute approximate surface area is 163 Å². The van der Waals surface area contributed by atoms with Gasteiger partial charge in [-0.25, -0.2) is 0 Å². The van der Waals surface area contributed by atoms with E-state index in [1.54, 1.807) is 0 Å². The van der Waals surface area contributed by atoms with E-state index in [1.807, 2.05) is 42.5 Å². The Hall–Kier alpha value is -2.93. The first-order chi connectivity index (χ1) is 13.5. The Bertz CT molecular complexity index is 869. The van der Waals surface area contributed by atoms with Crippen LogP contribution in [-0.2, 0) is 25.5 Å². The van der Waals surface area contributed by atoms with Gasteiger partial charge in [-0.15, -0.1) is 0 Å². The zero-order chi connectivity index (χ0) is 20.0. The first-order valence-corrected chi connectivity index (χ1v) is 9.31. The molecule has 2 aromatic rings. The highest BCUT2D eigenvalue weighted by molar-refractivity contribution is 5.91. The second-order valence-electron chi connectivity index (χ2n) is 7.07. The molecule has 148 valence electrons. The van der Waals surface area contributed by atoms with Crippen LogP contribution in [0.15, 0.2) is 42.5 Å². The third kappa shape index (κ3) is 4.67. The maximum absolute atomic E-state index is 12.2. The lowest BCUT2D eigenvalue weighted by Crippen LogP contribution is -2.48. The molecular formula is C21H24N2O5. The van der Waals surface area contributed by atoms with Crippen LogP contribution in [0.3, 0.4) is 0 Å². The number of amides is 2. The van der Waals surface area contributed by atoms with Gasteiger partial charge in [-0.05, 0) is 29.2 Å². The first kappa shape index (κ1) is 19.8. The molecule has 0 aliphatic carbocycles. The number of carbonyl (C=O) groups excluding carboxylic acids is 2. The number of carboxylic acids is 1. The largest absolute Gasteiger partial charge is 0.481 e. The highest BCUT2D eigenvalue weighted by Gasteiger charge is 2.40. The predicted octanol–water partition coefficient (Wildman–Crippen LogP) is 1.50. The van der Waals surface area contributed by atoms with Crippen LogP contribution in [0.5, 0.6) is 0 Å². The molecule has 0 bridgehead atoms. The minimum absolute atomic E-state index is 0.0315. The zero-order valence-electron chi connectivity index (χ0n) is 15.6. The molecule has 1 aliphatic heterocycles. The van der Waals surface area contributed by atoms with Gasteiger partial charge in [0.1, 0.15) is 0 Å². The van der Waals surface area contributed by atoms with Crippen molar-refractivity contribution in [2.24, 2.45) is 5.41 Å². The van der Waals surface area contributed by atoms with Gasteiger partial charge in [-0.3, -0.25) is 14.4 Å². The van der Waals surface area contributed by atoms with Crippen molar-refractivity contribution in [3.63, 3.8) is 0 Å². The Morgan fingerprint density at radius 2 is 1.68 bits per heavy atom. The molecule has 1 saturated heterocycles. The van der Waals surface area contributed by atoms with Gasteiger partial charge in [0.15, 0.2) is 0 Å². The lowest BCUT2D eigenvalue weighted by molar-refractivity contribution is -0.154. The molecule has 7 heteroatoms. The molecule has 0 unspecified atom stereocenters. The molecule has 0 radical (unpaired) electrons. The van der Waals surface area contributed by atoms with E-state index >= 15 is 0 Å². The maximum atomic E-state index is 12.2. The maximum Gasteiger partial charge on any atom is 0.311 e. The van der Waals surface area contributed by atoms with Crippen LogP contribution in [0.2, 0.25) is 0 Å². The number of nitrogens with one attached hydrogen (secondary N) is 2. The van der Waals surface area contributed by atoms with Crippen molar-refractivity contribution < 1.29 is 24.2 Å². The fraction of sp³-hybridized carbons (Fsp3) is 0.381. The van der Waals surface area contributed by atoms with Crippen LogP contribution in [-0.4, -0.2) is 49.2 Å². The quantitative estimate of drug-likeness (QED) is 0.671. The van der Waals surface area contributed by atoms with E-state index in [4.69, 9.17) is 4.74 Å². The van der Waals surface area contributed by atoms with Crippen LogP contribution in [0, 0.1) is 5.41 Å². The minimum atomic E-state index is -0.999. The van der Waals surface area contributed by atoms with Crippen LogP contribution in [0.1, 0.15) is 18.4 Å². The summed E-state index contributed by atoms with van der Waals surface area (Å²) < 4.78 is 5.21. The summed E-state index contributed by atoms with van der Waals surface area (Å²) in [5, 5.41) is 16.8. The van der Waals surface area contributed by atoms with Crippen molar-refractivity contribution >= 4 is 28.6 Å². The Morgan fingerprint density at radius 3 is 2.43 bits per heavy atom. The van der Waals surface area contributed by atoms with Gasteiger partial charge in [-0.1, -0.05) is 42.5 Å². The van der Waals surface area contributed by atoms with Gasteiger partial charge in [0.2, 0.25) is 11.8 Å². The van der Waals surface area contributed by atoms with Gasteiger partial charge in [0.25, 0.3) is 0 Å². The third-order valence-electron chi connectivity index (χ3n) is 5.20. The SMILES string of the molecule is O=C(CNC(=O)Cc1cccc2ccccc12)NCC1(C(=O)O)CCOCC1. The van der Waals surface area contributed by atoms with Crippen LogP contribution >= 0.6 is 0 Å². The van der Waals surface area contributed by atoms with Crippen molar-refractivity contribution in [3.05, 3.63) is 48.0 Å². The molecule has 1 aliphatic rings. The third-order valence-corrected chi connectivity index (χ3v) is 5.20. The molecule has 0 spiro atoms. The monoisotopic (exact) mass is 384 g/mol. The van der Waals surface area contributed by atoms with E-state index in [2.05, 4.69) is 10.6 Å². The molecule has 2 aromatic carbocycles. The summed E-state index contributed by atoms with van der Waals surface area (Å²) in [6.07, 6.45) is 0.886. The van der Waals surface area contributed by atoms with E-state index in [-0.39, 0.29) is 25.4 Å². The number of hydrogen-bond donors (Lipinski definition) is 3. The van der Waals surface area contributed by atoms with Gasteiger partial charge in [-0.2, -0.15) is 0 Å². The van der Waals surface area contributed by atoms with Crippen molar-refractivity contribution in [2.75, 3.05) is 26.3 Å². The van der Waals surface area contributed by atoms with Crippen molar-refractivity contribution in [3.8, 4) is 0 Å². The summed E-state index contributed by atoms with van der Waals surface area (Å²) in [5.41, 5.74) is -0.107. The molecule has 0 atom stereocenters. The smallest absolute Gasteiger partial charge is 0.311 e. The summed E-state index contributed by atoms with van der Waals surface area (Å²) in [6, 6.07) is 13.6. The van der Waals surface area contributed by atoms with Gasteiger partial charge in [0.05, 0.1) is 18.4 Å². The molecule has 3 N–H and O–H groups in total. The minimum Gasteiger partial charge on any atom is -0.481 e. The fourth-order valence-corrected chi connectivity index (χ4v) is 3.42. The Kier molecular flexibility index (Phi) is 6.26. The summed E-state index contributed by atoms with van der Waals surface area (Å²) in [4.78, 5) is 35.9. The molecule has 28 heavy (non-hydrogen) atoms. The lowest BCUT2D eigenvalue weighted by Gasteiger charge is -2.33. The van der Waals surface area contributed by atoms with Gasteiger partial charge >= 0.3 is 5.97 Å². The van der Waals surface area contributed by atoms with E-state index in [9.17, 15) is 19.5 Å². The van der Waals surface area contributed by atoms with Crippen LogP contribution < -0.4 is 10.6 Å². The summed E-state index contributed by atoms with van der Waals surface area (Å²) in [7, 11) is 0. The Morgan fingerprint density at radius 1 is 0.964 bits per heavy atom. The van der Waals surface area contributed by atoms with Crippen LogP contribution in [0.25, 0.3) is 10.8 Å².